The Morgan fingerprint density at radius 1 is 0.247 bits per heavy atom. The lowest BCUT2D eigenvalue weighted by atomic mass is 10.0. The summed E-state index contributed by atoms with van der Waals surface area (Å²) in [6, 6.07) is 0. The molecule has 0 N–H and O–H groups in total. The fourth-order valence-corrected chi connectivity index (χ4v) is 10.9. The average molecular weight is 1140 g/mol. The van der Waals surface area contributed by atoms with Crippen molar-refractivity contribution >= 4 is 17.9 Å². The first-order valence-corrected chi connectivity index (χ1v) is 36.1. The summed E-state index contributed by atoms with van der Waals surface area (Å²) in [6.45, 7) is 6.60. The van der Waals surface area contributed by atoms with Crippen molar-refractivity contribution < 1.29 is 28.6 Å². The summed E-state index contributed by atoms with van der Waals surface area (Å²) in [5, 5.41) is 0. The van der Waals surface area contributed by atoms with Crippen molar-refractivity contribution in [2.24, 2.45) is 0 Å². The van der Waals surface area contributed by atoms with E-state index >= 15 is 0 Å². The molecule has 1 atom stereocenters. The maximum absolute atomic E-state index is 12.9. The Bertz CT molecular complexity index is 1400. The van der Waals surface area contributed by atoms with Crippen LogP contribution in [0.5, 0.6) is 0 Å². The zero-order valence-corrected chi connectivity index (χ0v) is 54.6. The minimum absolute atomic E-state index is 0.0697. The van der Waals surface area contributed by atoms with E-state index in [2.05, 4.69) is 69.4 Å². The second kappa shape index (κ2) is 69.9. The number of unbranched alkanes of at least 4 members (excludes halogenated alkanes) is 48. The lowest BCUT2D eigenvalue weighted by Crippen LogP contribution is -2.30. The van der Waals surface area contributed by atoms with E-state index in [0.29, 0.717) is 19.3 Å². The third-order valence-corrected chi connectivity index (χ3v) is 16.3. The van der Waals surface area contributed by atoms with Gasteiger partial charge in [-0.3, -0.25) is 14.4 Å². The van der Waals surface area contributed by atoms with Gasteiger partial charge in [0.2, 0.25) is 0 Å². The maximum atomic E-state index is 12.9. The lowest BCUT2D eigenvalue weighted by Gasteiger charge is -2.18. The van der Waals surface area contributed by atoms with Crippen molar-refractivity contribution in [1.29, 1.82) is 0 Å². The van der Waals surface area contributed by atoms with Crippen LogP contribution in [0, 0.1) is 0 Å². The first-order valence-electron chi connectivity index (χ1n) is 36.1. The highest BCUT2D eigenvalue weighted by Crippen LogP contribution is 2.18. The molecule has 0 amide bonds. The molecule has 0 aromatic rings. The molecule has 81 heavy (non-hydrogen) atoms. The highest BCUT2D eigenvalue weighted by molar-refractivity contribution is 5.71. The molecule has 0 aliphatic rings. The lowest BCUT2D eigenvalue weighted by molar-refractivity contribution is -0.167. The molecule has 1 unspecified atom stereocenters. The Balaban J connectivity index is 3.93. The molecule has 0 fully saturated rings. The van der Waals surface area contributed by atoms with Gasteiger partial charge in [0.25, 0.3) is 0 Å². The molecule has 6 nitrogen and oxygen atoms in total. The molecule has 6 heteroatoms. The zero-order valence-electron chi connectivity index (χ0n) is 54.6. The molecule has 474 valence electrons. The van der Waals surface area contributed by atoms with Gasteiger partial charge in [-0.05, 0) is 83.5 Å². The van der Waals surface area contributed by atoms with Crippen molar-refractivity contribution in [3.8, 4) is 0 Å². The van der Waals surface area contributed by atoms with E-state index < -0.39 is 6.10 Å². The summed E-state index contributed by atoms with van der Waals surface area (Å²) in [5.74, 6) is -0.863. The molecule has 0 heterocycles. The Morgan fingerprint density at radius 3 is 0.704 bits per heavy atom. The number of esters is 3. The molecule has 0 spiro atoms. The van der Waals surface area contributed by atoms with Gasteiger partial charge in [0.1, 0.15) is 13.2 Å². The van der Waals surface area contributed by atoms with Crippen LogP contribution < -0.4 is 0 Å². The Labute approximate surface area is 505 Å². The largest absolute Gasteiger partial charge is 0.462 e. The van der Waals surface area contributed by atoms with Gasteiger partial charge in [0.05, 0.1) is 0 Å². The molecule has 0 radical (unpaired) electrons. The van der Waals surface area contributed by atoms with Gasteiger partial charge in [-0.15, -0.1) is 0 Å². The molecule has 0 saturated heterocycles. The number of rotatable bonds is 67. The number of hydrogen-bond donors (Lipinski definition) is 0. The van der Waals surface area contributed by atoms with Gasteiger partial charge < -0.3 is 14.2 Å². The topological polar surface area (TPSA) is 78.9 Å². The quantitative estimate of drug-likeness (QED) is 0.0261. The highest BCUT2D eigenvalue weighted by Gasteiger charge is 2.19. The van der Waals surface area contributed by atoms with Crippen LogP contribution in [0.15, 0.2) is 48.6 Å². The van der Waals surface area contributed by atoms with Crippen LogP contribution in [0.1, 0.15) is 393 Å². The van der Waals surface area contributed by atoms with Crippen LogP contribution in [0.2, 0.25) is 0 Å². The second-order valence-electron chi connectivity index (χ2n) is 24.5. The number of hydrogen-bond acceptors (Lipinski definition) is 6. The third kappa shape index (κ3) is 68.0. The normalized spacial score (nSPS) is 12.3. The van der Waals surface area contributed by atoms with Crippen LogP contribution in [-0.2, 0) is 28.6 Å². The predicted octanol–water partition coefficient (Wildman–Crippen LogP) is 24.9. The molecule has 0 rings (SSSR count). The Hall–Kier alpha value is -2.63. The van der Waals surface area contributed by atoms with Gasteiger partial charge in [-0.1, -0.05) is 339 Å². The molecule has 0 aromatic heterocycles. The van der Waals surface area contributed by atoms with Gasteiger partial charge in [-0.25, -0.2) is 0 Å². The minimum atomic E-state index is -0.770. The predicted molar refractivity (Wildman–Crippen MR) is 353 cm³/mol. The fourth-order valence-electron chi connectivity index (χ4n) is 10.9. The number of carbonyl (C=O) groups excluding carboxylic acids is 3. The average Bonchev–Trinajstić information content (AvgIpc) is 3.47. The zero-order chi connectivity index (χ0) is 58.5. The van der Waals surface area contributed by atoms with E-state index in [1.807, 2.05) is 0 Å². The van der Waals surface area contributed by atoms with Gasteiger partial charge >= 0.3 is 17.9 Å². The number of carbonyl (C=O) groups is 3. The van der Waals surface area contributed by atoms with Crippen LogP contribution >= 0.6 is 0 Å². The van der Waals surface area contributed by atoms with Crippen molar-refractivity contribution in [2.75, 3.05) is 13.2 Å². The van der Waals surface area contributed by atoms with E-state index in [0.717, 1.165) is 77.0 Å². The molecule has 0 saturated carbocycles. The number of allylic oxidation sites excluding steroid dienone is 8. The van der Waals surface area contributed by atoms with E-state index in [1.54, 1.807) is 0 Å². The van der Waals surface area contributed by atoms with Gasteiger partial charge in [-0.2, -0.15) is 0 Å². The highest BCUT2D eigenvalue weighted by atomic mass is 16.6. The van der Waals surface area contributed by atoms with Crippen LogP contribution in [0.25, 0.3) is 0 Å². The summed E-state index contributed by atoms with van der Waals surface area (Å²) >= 11 is 0. The summed E-state index contributed by atoms with van der Waals surface area (Å²) in [7, 11) is 0. The van der Waals surface area contributed by atoms with Crippen LogP contribution in [-0.4, -0.2) is 37.2 Å². The van der Waals surface area contributed by atoms with Crippen LogP contribution in [0.3, 0.4) is 0 Å². The molecular formula is C75H138O6. The fraction of sp³-hybridized carbons (Fsp3) is 0.853. The van der Waals surface area contributed by atoms with Crippen molar-refractivity contribution in [1.82, 2.24) is 0 Å². The standard InChI is InChI=1S/C75H138O6/c1-4-7-10-13-15-17-19-21-23-25-27-29-31-33-35-36-37-38-40-41-43-45-47-49-51-53-55-57-59-62-65-68-74(77)80-71-72(70-79-73(76)67-64-61-12-9-6-3)81-75(78)69-66-63-60-58-56-54-52-50-48-46-44-42-39-34-32-30-28-26-24-22-20-18-16-14-11-8-5-2/h20,22,25-28,32,34,72H,4-19,21,23-24,29-31,33,35-71H2,1-3H3/b22-20-,27-25-,28-26-,34-32-. The minimum Gasteiger partial charge on any atom is -0.462 e. The molecule has 0 aliphatic carbocycles. The van der Waals surface area contributed by atoms with E-state index in [1.165, 1.54) is 276 Å². The molecular weight excluding hydrogens is 997 g/mol. The summed E-state index contributed by atoms with van der Waals surface area (Å²) in [6.07, 6.45) is 89.2. The molecule has 0 aromatic carbocycles. The van der Waals surface area contributed by atoms with Crippen molar-refractivity contribution in [3.63, 3.8) is 0 Å². The molecule has 0 aliphatic heterocycles. The van der Waals surface area contributed by atoms with Crippen molar-refractivity contribution in [2.45, 2.75) is 399 Å². The monoisotopic (exact) mass is 1140 g/mol. The Kier molecular flexibility index (Phi) is 67.6. The second-order valence-corrected chi connectivity index (χ2v) is 24.5. The Morgan fingerprint density at radius 2 is 0.444 bits per heavy atom. The summed E-state index contributed by atoms with van der Waals surface area (Å²) in [4.78, 5) is 38.0. The molecule has 0 bridgehead atoms. The van der Waals surface area contributed by atoms with Crippen molar-refractivity contribution in [3.05, 3.63) is 48.6 Å². The first kappa shape index (κ1) is 78.4. The van der Waals surface area contributed by atoms with E-state index in [-0.39, 0.29) is 31.1 Å². The SMILES string of the molecule is CCCCCCC/C=C\C/C=C\C/C=C\CCCCCCCCCCCCCCC(=O)OC(COC(=O)CCCCCCC)COC(=O)CCCCCCCCCCCCCCCCCCCCC/C=C\CCCCCCCCCC. The van der Waals surface area contributed by atoms with E-state index in [9.17, 15) is 14.4 Å². The first-order chi connectivity index (χ1) is 40.0. The third-order valence-electron chi connectivity index (χ3n) is 16.3. The van der Waals surface area contributed by atoms with E-state index in [4.69, 9.17) is 14.2 Å². The number of ether oxygens (including phenoxy) is 3. The van der Waals surface area contributed by atoms with Gasteiger partial charge in [0.15, 0.2) is 6.10 Å². The van der Waals surface area contributed by atoms with Gasteiger partial charge in [0, 0.05) is 19.3 Å². The summed E-state index contributed by atoms with van der Waals surface area (Å²) in [5.41, 5.74) is 0. The van der Waals surface area contributed by atoms with Crippen LogP contribution in [0.4, 0.5) is 0 Å². The summed E-state index contributed by atoms with van der Waals surface area (Å²) < 4.78 is 16.8. The smallest absolute Gasteiger partial charge is 0.306 e. The maximum Gasteiger partial charge on any atom is 0.306 e.